The Morgan fingerprint density at radius 2 is 1.62 bits per heavy atom. The molecule has 2 heterocycles. The van der Waals surface area contributed by atoms with Crippen LogP contribution in [-0.2, 0) is 11.3 Å². The summed E-state index contributed by atoms with van der Waals surface area (Å²) in [6.45, 7) is 2.21. The second kappa shape index (κ2) is 10.6. The first-order valence-electron chi connectivity index (χ1n) is 11.5. The summed E-state index contributed by atoms with van der Waals surface area (Å²) in [6, 6.07) is 10.1. The molecule has 1 saturated heterocycles. The number of rotatable bonds is 6. The van der Waals surface area contributed by atoms with E-state index in [-0.39, 0.29) is 31.2 Å². The van der Waals surface area contributed by atoms with E-state index in [0.29, 0.717) is 30.2 Å². The minimum Gasteiger partial charge on any atom is -0.493 e. The van der Waals surface area contributed by atoms with Crippen LogP contribution in [0.4, 0.5) is 4.39 Å². The zero-order valence-electron chi connectivity index (χ0n) is 20.6. The van der Waals surface area contributed by atoms with Gasteiger partial charge in [-0.2, -0.15) is 9.78 Å². The summed E-state index contributed by atoms with van der Waals surface area (Å²) in [7, 11) is 2.89. The lowest BCUT2D eigenvalue weighted by atomic mass is 10.2. The van der Waals surface area contributed by atoms with Gasteiger partial charge in [-0.25, -0.2) is 9.18 Å². The van der Waals surface area contributed by atoms with E-state index in [2.05, 4.69) is 5.10 Å². The molecule has 3 aromatic rings. The molecule has 1 fully saturated rings. The lowest BCUT2D eigenvalue weighted by Crippen LogP contribution is -2.52. The first-order valence-corrected chi connectivity index (χ1v) is 11.5. The summed E-state index contributed by atoms with van der Waals surface area (Å²) in [6.07, 6.45) is 0. The van der Waals surface area contributed by atoms with Crippen molar-refractivity contribution in [3.63, 3.8) is 0 Å². The van der Waals surface area contributed by atoms with Crippen LogP contribution in [0.1, 0.15) is 23.0 Å². The van der Waals surface area contributed by atoms with E-state index in [0.717, 1.165) is 9.25 Å². The standard InChI is InChI=1S/C25H26FN5O6/c1-16(32)28-9-11-29(12-10-28)23(33)22-24(34)30(15-17-5-4-6-18(26)13-17)25(35)31(27-22)19-7-8-20(36-2)21(14-19)37-3/h4-8,13-14H,9-12,15H2,1-3H3. The van der Waals surface area contributed by atoms with Gasteiger partial charge in [-0.05, 0) is 29.8 Å². The highest BCUT2D eigenvalue weighted by Crippen LogP contribution is 2.28. The maximum atomic E-state index is 13.8. The van der Waals surface area contributed by atoms with Crippen molar-refractivity contribution in [2.24, 2.45) is 0 Å². The van der Waals surface area contributed by atoms with Crippen molar-refractivity contribution >= 4 is 11.8 Å². The third-order valence-corrected chi connectivity index (χ3v) is 6.12. The quantitative estimate of drug-likeness (QED) is 0.483. The molecule has 0 spiro atoms. The van der Waals surface area contributed by atoms with E-state index in [9.17, 15) is 23.6 Å². The normalized spacial score (nSPS) is 13.4. The average Bonchev–Trinajstić information content (AvgIpc) is 2.90. The Bertz CT molecular complexity index is 1460. The molecular formula is C25H26FN5O6. The van der Waals surface area contributed by atoms with Crippen molar-refractivity contribution in [3.05, 3.63) is 80.4 Å². The second-order valence-corrected chi connectivity index (χ2v) is 8.40. The lowest BCUT2D eigenvalue weighted by molar-refractivity contribution is -0.130. The molecule has 0 saturated carbocycles. The van der Waals surface area contributed by atoms with E-state index in [1.165, 1.54) is 56.4 Å². The van der Waals surface area contributed by atoms with Gasteiger partial charge in [0.2, 0.25) is 11.6 Å². The number of hydrogen-bond acceptors (Lipinski definition) is 7. The van der Waals surface area contributed by atoms with E-state index in [1.807, 2.05) is 0 Å². The van der Waals surface area contributed by atoms with Crippen LogP contribution in [0.5, 0.6) is 11.5 Å². The molecule has 0 aliphatic carbocycles. The van der Waals surface area contributed by atoms with Gasteiger partial charge < -0.3 is 19.3 Å². The van der Waals surface area contributed by atoms with Crippen LogP contribution in [0, 0.1) is 5.82 Å². The number of piperazine rings is 1. The average molecular weight is 512 g/mol. The highest BCUT2D eigenvalue weighted by molar-refractivity contribution is 5.92. The molecule has 4 rings (SSSR count). The second-order valence-electron chi connectivity index (χ2n) is 8.40. The molecule has 1 aromatic heterocycles. The fourth-order valence-corrected chi connectivity index (χ4v) is 4.11. The maximum absolute atomic E-state index is 13.8. The van der Waals surface area contributed by atoms with Crippen LogP contribution < -0.4 is 20.7 Å². The Labute approximate surface area is 211 Å². The van der Waals surface area contributed by atoms with Gasteiger partial charge in [0.1, 0.15) is 5.82 Å². The number of benzene rings is 2. The molecular weight excluding hydrogens is 485 g/mol. The van der Waals surface area contributed by atoms with Gasteiger partial charge in [0.15, 0.2) is 11.5 Å². The van der Waals surface area contributed by atoms with Crippen LogP contribution in [0.2, 0.25) is 0 Å². The molecule has 2 aromatic carbocycles. The smallest absolute Gasteiger partial charge is 0.352 e. The van der Waals surface area contributed by atoms with Crippen LogP contribution in [0.15, 0.2) is 52.1 Å². The fraction of sp³-hybridized carbons (Fsp3) is 0.320. The monoisotopic (exact) mass is 511 g/mol. The Morgan fingerprint density at radius 3 is 2.24 bits per heavy atom. The van der Waals surface area contributed by atoms with E-state index < -0.39 is 28.7 Å². The molecule has 0 N–H and O–H groups in total. The molecule has 0 unspecified atom stereocenters. The van der Waals surface area contributed by atoms with Gasteiger partial charge in [0.25, 0.3) is 11.5 Å². The van der Waals surface area contributed by atoms with Crippen molar-refractivity contribution in [3.8, 4) is 17.2 Å². The van der Waals surface area contributed by atoms with Gasteiger partial charge in [-0.3, -0.25) is 19.0 Å². The van der Waals surface area contributed by atoms with Gasteiger partial charge in [0.05, 0.1) is 26.5 Å². The summed E-state index contributed by atoms with van der Waals surface area (Å²) in [5, 5.41) is 4.15. The summed E-state index contributed by atoms with van der Waals surface area (Å²) in [5.74, 6) is -0.587. The third-order valence-electron chi connectivity index (χ3n) is 6.12. The highest BCUT2D eigenvalue weighted by Gasteiger charge is 2.28. The van der Waals surface area contributed by atoms with E-state index in [4.69, 9.17) is 9.47 Å². The van der Waals surface area contributed by atoms with E-state index in [1.54, 1.807) is 17.0 Å². The SMILES string of the molecule is COc1ccc(-n2nc(C(=O)N3CCN(C(C)=O)CC3)c(=O)n(Cc3cccc(F)c3)c2=O)cc1OC. The zero-order chi connectivity index (χ0) is 26.7. The number of aromatic nitrogens is 3. The van der Waals surface area contributed by atoms with Crippen LogP contribution in [0.25, 0.3) is 5.69 Å². The summed E-state index contributed by atoms with van der Waals surface area (Å²) >= 11 is 0. The Morgan fingerprint density at radius 1 is 0.946 bits per heavy atom. The summed E-state index contributed by atoms with van der Waals surface area (Å²) < 4.78 is 26.2. The van der Waals surface area contributed by atoms with Gasteiger partial charge in [-0.15, -0.1) is 0 Å². The Hall–Kier alpha value is -4.48. The van der Waals surface area contributed by atoms with Crippen LogP contribution >= 0.6 is 0 Å². The zero-order valence-corrected chi connectivity index (χ0v) is 20.6. The highest BCUT2D eigenvalue weighted by atomic mass is 19.1. The molecule has 194 valence electrons. The Balaban J connectivity index is 1.83. The minimum absolute atomic E-state index is 0.107. The van der Waals surface area contributed by atoms with Crippen molar-refractivity contribution in [1.29, 1.82) is 0 Å². The third kappa shape index (κ3) is 5.22. The molecule has 1 aliphatic rings. The molecule has 11 nitrogen and oxygen atoms in total. The maximum Gasteiger partial charge on any atom is 0.352 e. The lowest BCUT2D eigenvalue weighted by Gasteiger charge is -2.33. The molecule has 1 aliphatic heterocycles. The number of halogens is 1. The van der Waals surface area contributed by atoms with Crippen molar-refractivity contribution in [2.75, 3.05) is 40.4 Å². The first kappa shape index (κ1) is 25.6. The van der Waals surface area contributed by atoms with Gasteiger partial charge in [-0.1, -0.05) is 12.1 Å². The number of nitrogens with zero attached hydrogens (tertiary/aromatic N) is 5. The van der Waals surface area contributed by atoms with Gasteiger partial charge in [0, 0.05) is 39.2 Å². The molecule has 37 heavy (non-hydrogen) atoms. The number of hydrogen-bond donors (Lipinski definition) is 0. The number of carbonyl (C=O) groups excluding carboxylic acids is 2. The summed E-state index contributed by atoms with van der Waals surface area (Å²) in [4.78, 5) is 54.9. The predicted molar refractivity (Wildman–Crippen MR) is 131 cm³/mol. The van der Waals surface area contributed by atoms with Crippen molar-refractivity contribution in [1.82, 2.24) is 24.1 Å². The fourth-order valence-electron chi connectivity index (χ4n) is 4.11. The molecule has 0 atom stereocenters. The minimum atomic E-state index is -0.898. The summed E-state index contributed by atoms with van der Waals surface area (Å²) in [5.41, 5.74) is -1.60. The van der Waals surface area contributed by atoms with E-state index >= 15 is 0 Å². The number of ether oxygens (including phenoxy) is 2. The Kier molecular flexibility index (Phi) is 7.37. The molecule has 0 radical (unpaired) electrons. The van der Waals surface area contributed by atoms with Gasteiger partial charge >= 0.3 is 5.69 Å². The largest absolute Gasteiger partial charge is 0.493 e. The topological polar surface area (TPSA) is 116 Å². The predicted octanol–water partition coefficient (Wildman–Crippen LogP) is 0.903. The van der Waals surface area contributed by atoms with Crippen molar-refractivity contribution < 1.29 is 23.5 Å². The molecule has 2 amide bonds. The van der Waals surface area contributed by atoms with Crippen LogP contribution in [-0.4, -0.2) is 76.4 Å². The number of amides is 2. The molecule has 12 heteroatoms. The molecule has 0 bridgehead atoms. The van der Waals surface area contributed by atoms with Crippen molar-refractivity contribution in [2.45, 2.75) is 13.5 Å². The van der Waals surface area contributed by atoms with Crippen LogP contribution in [0.3, 0.4) is 0 Å². The number of carbonyl (C=O) groups is 2. The first-order chi connectivity index (χ1) is 17.7. The number of methoxy groups -OCH3 is 2.